The first-order valence-electron chi connectivity index (χ1n) is 4.15. The summed E-state index contributed by atoms with van der Waals surface area (Å²) in [5.74, 6) is 5.06. The van der Waals surface area contributed by atoms with E-state index in [4.69, 9.17) is 18.1 Å². The molecule has 0 atom stereocenters. The highest BCUT2D eigenvalue weighted by molar-refractivity contribution is 7.80. The molecule has 4 N–H and O–H groups in total. The second-order valence-electron chi connectivity index (χ2n) is 2.82. The Morgan fingerprint density at radius 1 is 1.33 bits per heavy atom. The highest BCUT2D eigenvalue weighted by Crippen LogP contribution is 2.13. The van der Waals surface area contributed by atoms with Crippen molar-refractivity contribution in [1.29, 1.82) is 0 Å². The number of hydrogen-bond donors (Lipinski definition) is 3. The molecule has 1 saturated carbocycles. The highest BCUT2D eigenvalue weighted by Gasteiger charge is 2.06. The van der Waals surface area contributed by atoms with Crippen molar-refractivity contribution in [2.24, 2.45) is 10.9 Å². The topological polar surface area (TPSA) is 62.4 Å². The van der Waals surface area contributed by atoms with Crippen LogP contribution in [0.4, 0.5) is 0 Å². The van der Waals surface area contributed by atoms with E-state index in [1.807, 2.05) is 0 Å². The third kappa shape index (κ3) is 3.15. The molecule has 0 saturated heterocycles. The Morgan fingerprint density at radius 2 is 2.00 bits per heavy atom. The Hall–Kier alpha value is -0.680. The maximum Gasteiger partial charge on any atom is 0.201 e. The highest BCUT2D eigenvalue weighted by atomic mass is 32.1. The van der Waals surface area contributed by atoms with Crippen LogP contribution in [0.25, 0.3) is 0 Å². The summed E-state index contributed by atoms with van der Waals surface area (Å²) in [5.41, 5.74) is 6.20. The lowest BCUT2D eigenvalue weighted by Crippen LogP contribution is -2.37. The number of hydrogen-bond acceptors (Lipinski definition) is 3. The fourth-order valence-corrected chi connectivity index (χ4v) is 1.28. The Morgan fingerprint density at radius 3 is 2.58 bits per heavy atom. The van der Waals surface area contributed by atoms with E-state index in [1.54, 1.807) is 0 Å². The number of nitrogens with one attached hydrogen (secondary N) is 2. The quantitative estimate of drug-likeness (QED) is 0.319. The van der Waals surface area contributed by atoms with Gasteiger partial charge in [0.05, 0.1) is 0 Å². The molecule has 1 fully saturated rings. The first-order valence-corrected chi connectivity index (χ1v) is 4.56. The zero-order valence-corrected chi connectivity index (χ0v) is 7.78. The molecule has 0 radical (unpaired) electrons. The van der Waals surface area contributed by atoms with Crippen molar-refractivity contribution in [3.8, 4) is 0 Å². The normalized spacial score (nSPS) is 16.9. The van der Waals surface area contributed by atoms with Crippen molar-refractivity contribution < 1.29 is 0 Å². The number of hydrazine groups is 1. The molecule has 1 aliphatic rings. The standard InChI is InChI=1S/C7H14N4S/c8-9-7(12)11-10-6-4-2-1-3-5-6/h1-5,8H2,(H2,9,11,12). The van der Waals surface area contributed by atoms with Crippen LogP contribution >= 0.6 is 12.2 Å². The van der Waals surface area contributed by atoms with Crippen LogP contribution in [-0.4, -0.2) is 10.8 Å². The molecular formula is C7H14N4S. The fourth-order valence-electron chi connectivity index (χ4n) is 1.23. The van der Waals surface area contributed by atoms with Crippen LogP contribution < -0.4 is 16.7 Å². The van der Waals surface area contributed by atoms with E-state index >= 15 is 0 Å². The minimum atomic E-state index is 0.369. The van der Waals surface area contributed by atoms with Crippen molar-refractivity contribution >= 4 is 23.0 Å². The molecule has 0 amide bonds. The molecule has 68 valence electrons. The van der Waals surface area contributed by atoms with Crippen LogP contribution in [0.3, 0.4) is 0 Å². The molecule has 1 rings (SSSR count). The van der Waals surface area contributed by atoms with Gasteiger partial charge in [-0.3, -0.25) is 10.9 Å². The first-order chi connectivity index (χ1) is 5.83. The average molecular weight is 186 g/mol. The van der Waals surface area contributed by atoms with Gasteiger partial charge in [0, 0.05) is 5.71 Å². The third-order valence-corrected chi connectivity index (χ3v) is 2.09. The van der Waals surface area contributed by atoms with Crippen LogP contribution in [0, 0.1) is 0 Å². The van der Waals surface area contributed by atoms with Gasteiger partial charge in [0.2, 0.25) is 5.11 Å². The maximum absolute atomic E-state index is 5.06. The van der Waals surface area contributed by atoms with Gasteiger partial charge in [-0.2, -0.15) is 5.10 Å². The molecule has 5 heteroatoms. The maximum atomic E-state index is 5.06. The zero-order valence-electron chi connectivity index (χ0n) is 6.97. The average Bonchev–Trinajstić information content (AvgIpc) is 2.16. The third-order valence-electron chi connectivity index (χ3n) is 1.88. The van der Waals surface area contributed by atoms with Crippen molar-refractivity contribution in [2.75, 3.05) is 0 Å². The number of thiocarbonyl (C=S) groups is 1. The van der Waals surface area contributed by atoms with Crippen LogP contribution in [0.1, 0.15) is 32.1 Å². The van der Waals surface area contributed by atoms with Gasteiger partial charge in [-0.05, 0) is 37.9 Å². The summed E-state index contributed by atoms with van der Waals surface area (Å²) < 4.78 is 0. The largest absolute Gasteiger partial charge is 0.300 e. The molecule has 0 aliphatic heterocycles. The number of rotatable bonds is 1. The lowest BCUT2D eigenvalue weighted by molar-refractivity contribution is 0.661. The van der Waals surface area contributed by atoms with E-state index in [-0.39, 0.29) is 0 Å². The molecule has 0 aromatic heterocycles. The van der Waals surface area contributed by atoms with Gasteiger partial charge in [-0.1, -0.05) is 6.42 Å². The molecule has 0 unspecified atom stereocenters. The van der Waals surface area contributed by atoms with Gasteiger partial charge in [-0.15, -0.1) is 0 Å². The zero-order chi connectivity index (χ0) is 8.81. The van der Waals surface area contributed by atoms with Crippen LogP contribution in [-0.2, 0) is 0 Å². The van der Waals surface area contributed by atoms with E-state index < -0.39 is 0 Å². The summed E-state index contributed by atoms with van der Waals surface area (Å²) in [4.78, 5) is 0. The van der Waals surface area contributed by atoms with Gasteiger partial charge in [-0.25, -0.2) is 5.84 Å². The lowest BCUT2D eigenvalue weighted by Gasteiger charge is -2.12. The second kappa shape index (κ2) is 5.05. The van der Waals surface area contributed by atoms with Crippen molar-refractivity contribution in [3.05, 3.63) is 0 Å². The summed E-state index contributed by atoms with van der Waals surface area (Å²) in [6.45, 7) is 0. The molecule has 0 bridgehead atoms. The van der Waals surface area contributed by atoms with Crippen LogP contribution in [0.2, 0.25) is 0 Å². The molecule has 0 heterocycles. The minimum absolute atomic E-state index is 0.369. The first kappa shape index (κ1) is 9.41. The monoisotopic (exact) mass is 186 g/mol. The second-order valence-corrected chi connectivity index (χ2v) is 3.23. The SMILES string of the molecule is NNC(=S)NN=C1CCCCC1. The van der Waals surface area contributed by atoms with Gasteiger partial charge in [0.25, 0.3) is 0 Å². The fraction of sp³-hybridized carbons (Fsp3) is 0.714. The summed E-state index contributed by atoms with van der Waals surface area (Å²) in [5, 5.41) is 4.51. The Labute approximate surface area is 77.6 Å². The number of hydrazone groups is 1. The Kier molecular flexibility index (Phi) is 3.96. The lowest BCUT2D eigenvalue weighted by atomic mass is 9.99. The summed E-state index contributed by atoms with van der Waals surface area (Å²) in [6, 6.07) is 0. The molecule has 12 heavy (non-hydrogen) atoms. The Balaban J connectivity index is 2.29. The molecule has 0 aromatic rings. The number of nitrogens with two attached hydrogens (primary N) is 1. The van der Waals surface area contributed by atoms with E-state index in [9.17, 15) is 0 Å². The van der Waals surface area contributed by atoms with Crippen molar-refractivity contribution in [2.45, 2.75) is 32.1 Å². The van der Waals surface area contributed by atoms with Crippen LogP contribution in [0.15, 0.2) is 5.10 Å². The summed E-state index contributed by atoms with van der Waals surface area (Å²) >= 11 is 4.77. The molecular weight excluding hydrogens is 172 g/mol. The van der Waals surface area contributed by atoms with Crippen molar-refractivity contribution in [3.63, 3.8) is 0 Å². The van der Waals surface area contributed by atoms with Crippen LogP contribution in [0.5, 0.6) is 0 Å². The van der Waals surface area contributed by atoms with Gasteiger partial charge < -0.3 is 0 Å². The smallest absolute Gasteiger partial charge is 0.201 e. The molecule has 0 spiro atoms. The molecule has 1 aliphatic carbocycles. The predicted octanol–water partition coefficient (Wildman–Crippen LogP) is 0.644. The summed E-state index contributed by atoms with van der Waals surface area (Å²) in [7, 11) is 0. The predicted molar refractivity (Wildman–Crippen MR) is 53.6 cm³/mol. The van der Waals surface area contributed by atoms with Gasteiger partial charge >= 0.3 is 0 Å². The van der Waals surface area contributed by atoms with Crippen molar-refractivity contribution in [1.82, 2.24) is 10.9 Å². The van der Waals surface area contributed by atoms with E-state index in [0.29, 0.717) is 5.11 Å². The Bertz CT molecular complexity index is 182. The van der Waals surface area contributed by atoms with Gasteiger partial charge in [0.15, 0.2) is 0 Å². The van der Waals surface area contributed by atoms with E-state index in [1.165, 1.54) is 25.0 Å². The van der Waals surface area contributed by atoms with E-state index in [0.717, 1.165) is 12.8 Å². The molecule has 4 nitrogen and oxygen atoms in total. The minimum Gasteiger partial charge on any atom is -0.300 e. The molecule has 0 aromatic carbocycles. The number of nitrogens with zero attached hydrogens (tertiary/aromatic N) is 1. The van der Waals surface area contributed by atoms with E-state index in [2.05, 4.69) is 16.0 Å². The van der Waals surface area contributed by atoms with Gasteiger partial charge in [0.1, 0.15) is 0 Å². The summed E-state index contributed by atoms with van der Waals surface area (Å²) in [6.07, 6.45) is 5.96.